The van der Waals surface area contributed by atoms with Gasteiger partial charge in [-0.1, -0.05) is 24.3 Å². The van der Waals surface area contributed by atoms with Crippen LogP contribution >= 0.6 is 12.0 Å². The van der Waals surface area contributed by atoms with Crippen LogP contribution in [0.5, 0.6) is 5.75 Å². The van der Waals surface area contributed by atoms with Gasteiger partial charge in [0.25, 0.3) is 0 Å². The first-order valence-corrected chi connectivity index (χ1v) is 26.8. The molecule has 408 valence electrons. The maximum Gasteiger partial charge on any atom is 1.00 e. The summed E-state index contributed by atoms with van der Waals surface area (Å²) in [5.74, 6) is -0.460. The van der Waals surface area contributed by atoms with Gasteiger partial charge in [0, 0.05) is 53.8 Å². The summed E-state index contributed by atoms with van der Waals surface area (Å²) in [6.07, 6.45) is -0.882. The van der Waals surface area contributed by atoms with Crippen molar-refractivity contribution in [1.82, 2.24) is 29.9 Å². The van der Waals surface area contributed by atoms with Crippen LogP contribution < -0.4 is 159 Å². The normalized spacial score (nSPS) is 13.2. The van der Waals surface area contributed by atoms with E-state index in [0.717, 1.165) is 18.2 Å². The van der Waals surface area contributed by atoms with E-state index in [2.05, 4.69) is 64.7 Å². The van der Waals surface area contributed by atoms with Crippen LogP contribution in [0.3, 0.4) is 0 Å². The van der Waals surface area contributed by atoms with Gasteiger partial charge in [0.2, 0.25) is 35.7 Å². The van der Waals surface area contributed by atoms with Crippen molar-refractivity contribution >= 4 is 114 Å². The molecule has 4 aromatic carbocycles. The fourth-order valence-corrected chi connectivity index (χ4v) is 8.84. The fraction of sp³-hybridized carbons (Fsp3) is 0.273. The van der Waals surface area contributed by atoms with Crippen LogP contribution in [-0.2, 0) is 41.0 Å². The van der Waals surface area contributed by atoms with Crippen LogP contribution in [0.1, 0.15) is 38.8 Å². The molecule has 0 bridgehead atoms. The molecule has 2 aromatic heterocycles. The minimum Gasteiger partial charge on any atom is -0.744 e. The zero-order valence-electron chi connectivity index (χ0n) is 44.3. The van der Waals surface area contributed by atoms with E-state index in [1.54, 1.807) is 6.07 Å². The molecule has 5 unspecified atom stereocenters. The van der Waals surface area contributed by atoms with E-state index in [0.29, 0.717) is 23.3 Å². The third-order valence-corrected chi connectivity index (χ3v) is 12.6. The molecule has 8 N–H and O–H groups in total. The Morgan fingerprint density at radius 2 is 0.950 bits per heavy atom. The second kappa shape index (κ2) is 34.3. The first-order valence-electron chi connectivity index (χ1n) is 22.2. The molecule has 36 heteroatoms. The van der Waals surface area contributed by atoms with Crippen LogP contribution in [0.2, 0.25) is 0 Å². The van der Waals surface area contributed by atoms with E-state index in [4.69, 9.17) is 0 Å². The summed E-state index contributed by atoms with van der Waals surface area (Å²) >= 11 is -2.34. The molecule has 6 aromatic rings. The zero-order chi connectivity index (χ0) is 55.3. The Morgan fingerprint density at radius 3 is 1.34 bits per heavy atom. The van der Waals surface area contributed by atoms with Gasteiger partial charge in [-0.05, 0) is 112 Å². The predicted octanol–water partition coefficient (Wildman–Crippen LogP) is -9.43. The number of nitrogens with one attached hydrogen (secondary N) is 4. The van der Waals surface area contributed by atoms with Crippen molar-refractivity contribution in [3.63, 3.8) is 0 Å². The van der Waals surface area contributed by atoms with Crippen LogP contribution in [0.15, 0.2) is 99.6 Å². The standard InChI is InChI=1S/C44H52N12O16S4.4Na/c1-25(57)21-55(22-26(2)58)43-52-40(46-32-13-17-36(18-14-32)75(64,65)66)49-41(53-43)47-33-9-7-29(37(19-33)73-72-71-61)5-6-30-8-10-34(20-38(30)76(67,68)69)48-42-50-39(45-31-11-15-35(16-12-31)70-74(62)63)51-44(54-42)56(23-27(3)59)24-28(4)60;;;;/h5-20,25-28,57-61H,21-24H2,1-4H3,(H,62,63)(H,64,65,66)(H,67,68,69)(H2,45,48,50,51,54)(H2,46,47,49,52,53);;;;/q;4*+1/p-4/b6-5+;;;;. The Kier molecular flexibility index (Phi) is 31.4. The van der Waals surface area contributed by atoms with Crippen LogP contribution in [-0.4, -0.2) is 136 Å². The van der Waals surface area contributed by atoms with E-state index in [1.807, 2.05) is 0 Å². The number of rotatable bonds is 27. The van der Waals surface area contributed by atoms with Gasteiger partial charge in [0.1, 0.15) is 37.3 Å². The van der Waals surface area contributed by atoms with E-state index in [1.165, 1.54) is 110 Å². The molecular formula is C44H48N12Na4O16S4. The number of hydrogen-bond donors (Lipinski definition) is 8. The summed E-state index contributed by atoms with van der Waals surface area (Å²) in [7, 11) is -9.93. The monoisotopic (exact) mass is 1220 g/mol. The molecule has 0 saturated carbocycles. The predicted molar refractivity (Wildman–Crippen MR) is 272 cm³/mol. The second-order valence-electron chi connectivity index (χ2n) is 16.6. The topological polar surface area (TPSA) is 418 Å². The molecule has 0 aliphatic rings. The molecule has 0 aliphatic carbocycles. The maximum atomic E-state index is 12.8. The summed E-state index contributed by atoms with van der Waals surface area (Å²) in [4.78, 5) is 28.6. The van der Waals surface area contributed by atoms with Crippen molar-refractivity contribution in [3.8, 4) is 5.75 Å². The van der Waals surface area contributed by atoms with E-state index >= 15 is 0 Å². The summed E-state index contributed by atoms with van der Waals surface area (Å²) in [5, 5.41) is 67.4. The van der Waals surface area contributed by atoms with Gasteiger partial charge in [0.05, 0.1) is 46.2 Å². The van der Waals surface area contributed by atoms with Crippen LogP contribution in [0.25, 0.3) is 12.2 Å². The summed E-state index contributed by atoms with van der Waals surface area (Å²) in [6, 6.07) is 18.8. The van der Waals surface area contributed by atoms with Gasteiger partial charge in [-0.25, -0.2) is 21.0 Å². The Bertz CT molecular complexity index is 3220. The smallest absolute Gasteiger partial charge is 0.744 e. The second-order valence-corrected chi connectivity index (χ2v) is 20.6. The summed E-state index contributed by atoms with van der Waals surface area (Å²) in [6.45, 7) is 5.96. The first-order chi connectivity index (χ1) is 35.9. The number of benzene rings is 4. The van der Waals surface area contributed by atoms with Gasteiger partial charge in [-0.2, -0.15) is 34.2 Å². The van der Waals surface area contributed by atoms with Gasteiger partial charge >= 0.3 is 118 Å². The Morgan fingerprint density at radius 1 is 0.575 bits per heavy atom. The van der Waals surface area contributed by atoms with E-state index in [-0.39, 0.29) is 213 Å². The largest absolute Gasteiger partial charge is 1.00 e. The Balaban J connectivity index is 0.00000547. The number of aliphatic hydroxyl groups excluding tert-OH is 4. The molecule has 0 aliphatic heterocycles. The molecule has 0 fully saturated rings. The minimum absolute atomic E-state index is 0. The minimum atomic E-state index is -5.19. The third kappa shape index (κ3) is 23.7. The number of nitrogens with zero attached hydrogens (tertiary/aromatic N) is 8. The quantitative estimate of drug-likeness (QED) is 0.00451. The van der Waals surface area contributed by atoms with Gasteiger partial charge in [-0.15, -0.1) is 0 Å². The van der Waals surface area contributed by atoms with Gasteiger partial charge in [-0.3, -0.25) is 5.04 Å². The molecule has 0 amide bonds. The van der Waals surface area contributed by atoms with Crippen molar-refractivity contribution in [3.05, 3.63) is 96.1 Å². The average Bonchev–Trinajstić information content (AvgIpc) is 3.32. The number of anilines is 10. The molecule has 5 atom stereocenters. The van der Waals surface area contributed by atoms with Gasteiger partial charge in [0.15, 0.2) is 0 Å². The number of aliphatic hydroxyl groups is 4. The molecule has 0 saturated heterocycles. The number of hydrogen-bond acceptors (Lipinski definition) is 29. The Labute approximate surface area is 555 Å². The van der Waals surface area contributed by atoms with Crippen molar-refractivity contribution in [1.29, 1.82) is 0 Å². The third-order valence-electron chi connectivity index (χ3n) is 9.83. The van der Waals surface area contributed by atoms with Crippen molar-refractivity contribution in [2.45, 2.75) is 66.8 Å². The molecule has 80 heavy (non-hydrogen) atoms. The molecule has 0 radical (unpaired) electrons. The Hall–Kier alpha value is -2.76. The van der Waals surface area contributed by atoms with Crippen LogP contribution in [0, 0.1) is 0 Å². The molecule has 0 spiro atoms. The zero-order valence-corrected chi connectivity index (χ0v) is 55.5. The van der Waals surface area contributed by atoms with Crippen LogP contribution in [0.4, 0.5) is 58.4 Å². The maximum absolute atomic E-state index is 12.8. The molecule has 28 nitrogen and oxygen atoms in total. The van der Waals surface area contributed by atoms with E-state index < -0.39 is 65.8 Å². The average molecular weight is 1220 g/mol. The first kappa shape index (κ1) is 73.3. The van der Waals surface area contributed by atoms with E-state index in [9.17, 15) is 60.4 Å². The molecular weight excluding hydrogens is 1170 g/mol. The molecule has 2 heterocycles. The van der Waals surface area contributed by atoms with Crippen molar-refractivity contribution in [2.24, 2.45) is 0 Å². The fourth-order valence-electron chi connectivity index (χ4n) is 6.90. The van der Waals surface area contributed by atoms with Gasteiger partial charge < -0.3 is 74.6 Å². The summed E-state index contributed by atoms with van der Waals surface area (Å²) in [5.41, 5.74) is 1.19. The van der Waals surface area contributed by atoms with Crippen molar-refractivity contribution in [2.75, 3.05) is 57.2 Å². The SMILES string of the molecule is CC(O)CN(CC(C)O)c1nc(Nc2ccc(S(=O)(=O)[O-])cc2)nc(Nc2ccc(/C=C/c3ccc(Nc4nc(Nc5ccc(OS(=O)[O-])cc5)nc(N(CC(C)O)CC(C)O)n4)cc3S(=O)(=O)[O-])c(SOO[O-])c2)n1.[Na+].[Na+].[Na+].[Na+]. The molecule has 6 rings (SSSR count). The number of aromatic nitrogens is 6. The summed E-state index contributed by atoms with van der Waals surface area (Å²) < 4.78 is 104. The van der Waals surface area contributed by atoms with Crippen molar-refractivity contribution < 1.29 is 192 Å².